The van der Waals surface area contributed by atoms with Crippen LogP contribution < -0.4 is 0 Å². The highest BCUT2D eigenvalue weighted by Crippen LogP contribution is 2.41. The zero-order valence-electron chi connectivity index (χ0n) is 40.9. The molecule has 1 heteroatoms. The average Bonchev–Trinajstić information content (AvgIpc) is 3.61. The maximum atomic E-state index is 9.44. The lowest BCUT2D eigenvalue weighted by molar-refractivity contribution is 0.669. The summed E-state index contributed by atoms with van der Waals surface area (Å²) in [6.45, 7) is 0. The first kappa shape index (κ1) is 12.6. The predicted molar refractivity (Wildman–Crippen MR) is 192 cm³/mol. The average molecular weight is 587 g/mol. The van der Waals surface area contributed by atoms with E-state index in [9.17, 15) is 5.48 Å². The lowest BCUT2D eigenvalue weighted by atomic mass is 9.90. The Bertz CT molecular complexity index is 3570. The lowest BCUT2D eigenvalue weighted by Crippen LogP contribution is -1.86. The molecule has 0 radical (unpaired) electrons. The van der Waals surface area contributed by atoms with Gasteiger partial charge in [0.1, 0.15) is 11.2 Å². The van der Waals surface area contributed by atoms with Gasteiger partial charge in [0.25, 0.3) is 0 Å². The van der Waals surface area contributed by atoms with E-state index in [1.165, 1.54) is 0 Å². The van der Waals surface area contributed by atoms with Crippen LogP contribution in [0.25, 0.3) is 109 Å². The van der Waals surface area contributed by atoms with Crippen molar-refractivity contribution >= 4 is 86.6 Å². The summed E-state index contributed by atoms with van der Waals surface area (Å²) in [7, 11) is 0. The van der Waals surface area contributed by atoms with Crippen molar-refractivity contribution in [1.29, 1.82) is 0 Å². The molecule has 1 heterocycles. The van der Waals surface area contributed by atoms with E-state index >= 15 is 0 Å². The van der Waals surface area contributed by atoms with Gasteiger partial charge in [-0.2, -0.15) is 0 Å². The molecule has 0 fully saturated rings. The van der Waals surface area contributed by atoms with Crippen LogP contribution in [0, 0.1) is 0 Å². The van der Waals surface area contributed by atoms with Crippen molar-refractivity contribution in [3.8, 4) is 22.3 Å². The molecule has 0 atom stereocenters. The molecule has 0 aliphatic carbocycles. The number of rotatable bonds is 2. The third-order valence-electron chi connectivity index (χ3n) is 8.55. The van der Waals surface area contributed by atoms with Crippen molar-refractivity contribution in [2.24, 2.45) is 0 Å². The molecule has 45 heavy (non-hydrogen) atoms. The van der Waals surface area contributed by atoms with Gasteiger partial charge in [-0.1, -0.05) is 96.7 Å². The summed E-state index contributed by atoms with van der Waals surface area (Å²) in [4.78, 5) is 0. The molecular formula is C44H24O. The summed E-state index contributed by atoms with van der Waals surface area (Å²) in [5, 5.41) is -0.169. The van der Waals surface area contributed by atoms with E-state index < -0.39 is 84.6 Å². The monoisotopic (exact) mass is 586 g/mol. The number of furan rings is 1. The molecule has 10 aromatic carbocycles. The second-order valence-electron chi connectivity index (χ2n) is 11.0. The Morgan fingerprint density at radius 2 is 0.689 bits per heavy atom. The van der Waals surface area contributed by atoms with E-state index in [2.05, 4.69) is 0 Å². The fourth-order valence-electron chi connectivity index (χ4n) is 6.50. The Kier molecular flexibility index (Phi) is 2.34. The number of hydrogen-bond donors (Lipinski definition) is 0. The Morgan fingerprint density at radius 3 is 1.07 bits per heavy atom. The van der Waals surface area contributed by atoms with Crippen LogP contribution in [0.5, 0.6) is 0 Å². The van der Waals surface area contributed by atoms with Crippen LogP contribution in [0.1, 0.15) is 24.7 Å². The Labute approximate surface area is 283 Å². The molecule has 0 spiro atoms. The maximum absolute atomic E-state index is 9.44. The smallest absolute Gasteiger partial charge is 0.135 e. The molecule has 0 aliphatic heterocycles. The Morgan fingerprint density at radius 1 is 0.356 bits per heavy atom. The molecule has 0 saturated heterocycles. The highest BCUT2D eigenvalue weighted by Gasteiger charge is 2.15. The quantitative estimate of drug-likeness (QED) is 0.184. The predicted octanol–water partition coefficient (Wildman–Crippen LogP) is 12.7. The molecule has 206 valence electrons. The second-order valence-corrected chi connectivity index (χ2v) is 11.0. The molecule has 0 aliphatic rings. The van der Waals surface area contributed by atoms with Gasteiger partial charge in [-0.05, 0) is 135 Å². The molecule has 11 aromatic rings. The van der Waals surface area contributed by atoms with E-state index in [-0.39, 0.29) is 111 Å². The second kappa shape index (κ2) is 8.37. The molecule has 1 nitrogen and oxygen atoms in total. The van der Waals surface area contributed by atoms with Crippen molar-refractivity contribution in [3.05, 3.63) is 145 Å². The molecule has 0 N–H and O–H groups in total. The first-order valence-corrected chi connectivity index (χ1v) is 14.1. The number of benzene rings is 10. The molecule has 0 bridgehead atoms. The van der Waals surface area contributed by atoms with Gasteiger partial charge in [0.05, 0.1) is 24.7 Å². The highest BCUT2D eigenvalue weighted by molar-refractivity contribution is 6.25. The molecule has 0 saturated carbocycles. The van der Waals surface area contributed by atoms with Gasteiger partial charge in [0.2, 0.25) is 0 Å². The third-order valence-corrected chi connectivity index (χ3v) is 8.55. The molecule has 1 aromatic heterocycles. The van der Waals surface area contributed by atoms with E-state index in [1.54, 1.807) is 36.4 Å². The van der Waals surface area contributed by atoms with Gasteiger partial charge in [0.15, 0.2) is 0 Å². The van der Waals surface area contributed by atoms with Crippen molar-refractivity contribution < 1.29 is 29.1 Å². The van der Waals surface area contributed by atoms with Gasteiger partial charge in [-0.15, -0.1) is 0 Å². The first-order valence-electron chi connectivity index (χ1n) is 23.1. The summed E-state index contributed by atoms with van der Waals surface area (Å²) in [6, 6.07) is 1.27. The van der Waals surface area contributed by atoms with E-state index in [4.69, 9.17) is 23.6 Å². The minimum Gasteiger partial charge on any atom is -0.456 e. The zero-order chi connectivity index (χ0) is 44.9. The Hall–Kier alpha value is -5.92. The fourth-order valence-corrected chi connectivity index (χ4v) is 6.50. The fraction of sp³-hybridized carbons (Fsp3) is 0. The SMILES string of the molecule is [2H]c1c([2H])c2c([2H])c([2H])c3c([2H])c(-c4ccc5oc6ccc(-c7c([2H])c8c([2H])c([2H])c9c([2H])c([2H])c([2H])c%10c([2H])c([2H])c(c7[2H])c8c9%10)cc6c5c4)c([2H])c4c([2H])c([2H])c(c1[2H])c2c34. The van der Waals surface area contributed by atoms with Crippen LogP contribution in [0.3, 0.4) is 0 Å². The normalized spacial score (nSPS) is 18.0. The highest BCUT2D eigenvalue weighted by atomic mass is 16.3. The molecule has 0 amide bonds. The molecule has 0 unspecified atom stereocenters. The van der Waals surface area contributed by atoms with Crippen molar-refractivity contribution in [2.75, 3.05) is 0 Å². The van der Waals surface area contributed by atoms with Crippen LogP contribution in [0.2, 0.25) is 0 Å². The van der Waals surface area contributed by atoms with Crippen LogP contribution in [0.4, 0.5) is 0 Å². The summed E-state index contributed by atoms with van der Waals surface area (Å²) in [6.07, 6.45) is 0. The largest absolute Gasteiger partial charge is 0.456 e. The van der Waals surface area contributed by atoms with Crippen molar-refractivity contribution in [1.82, 2.24) is 0 Å². The summed E-state index contributed by atoms with van der Waals surface area (Å²) in [5.41, 5.74) is 1.21. The Balaban J connectivity index is 1.19. The third kappa shape index (κ3) is 3.22. The standard InChI is InChI=1S/C44H24O/c1-3-25-7-11-31-19-35(20-32-12-8-26(4-1)41(25)43(31)32)29-15-17-39-37(23-29)38-24-30(16-18-40(38)45-39)36-21-33-13-9-27-5-2-6-28-10-14-34(22-36)44(33)42(27)28/h1-24H/i1D,2D,3D,4D,5D,6D,7D,8D,9D,10D,11D,12D,13D,14D,19D,20D,21D,22D. The van der Waals surface area contributed by atoms with Crippen LogP contribution >= 0.6 is 0 Å². The zero-order valence-corrected chi connectivity index (χ0v) is 22.9. The minimum absolute atomic E-state index is 0.0112. The maximum Gasteiger partial charge on any atom is 0.135 e. The summed E-state index contributed by atoms with van der Waals surface area (Å²) >= 11 is 0. The van der Waals surface area contributed by atoms with Gasteiger partial charge in [0, 0.05) is 10.8 Å². The van der Waals surface area contributed by atoms with E-state index in [0.717, 1.165) is 0 Å². The molecule has 11 rings (SSSR count). The van der Waals surface area contributed by atoms with Gasteiger partial charge in [-0.25, -0.2) is 0 Å². The van der Waals surface area contributed by atoms with Gasteiger partial charge >= 0.3 is 0 Å². The van der Waals surface area contributed by atoms with Crippen LogP contribution in [-0.4, -0.2) is 0 Å². The summed E-state index contributed by atoms with van der Waals surface area (Å²) in [5.74, 6) is 0. The summed E-state index contributed by atoms with van der Waals surface area (Å²) < 4.78 is 167. The van der Waals surface area contributed by atoms with Crippen molar-refractivity contribution in [3.63, 3.8) is 0 Å². The van der Waals surface area contributed by atoms with E-state index in [1.807, 2.05) is 0 Å². The number of hydrogen-bond acceptors (Lipinski definition) is 1. The number of fused-ring (bicyclic) bond motifs is 3. The van der Waals surface area contributed by atoms with E-state index in [0.29, 0.717) is 21.9 Å². The van der Waals surface area contributed by atoms with Crippen LogP contribution in [0.15, 0.2) is 150 Å². The van der Waals surface area contributed by atoms with Gasteiger partial charge < -0.3 is 4.42 Å². The first-order chi connectivity index (χ1) is 29.8. The topological polar surface area (TPSA) is 13.1 Å². The van der Waals surface area contributed by atoms with Crippen LogP contribution in [-0.2, 0) is 0 Å². The lowest BCUT2D eigenvalue weighted by Gasteiger charge is -2.13. The van der Waals surface area contributed by atoms with Gasteiger partial charge in [-0.3, -0.25) is 0 Å². The minimum atomic E-state index is -0.567. The van der Waals surface area contributed by atoms with Crippen molar-refractivity contribution in [2.45, 2.75) is 0 Å². The molecular weight excluding hydrogens is 544 g/mol.